The lowest BCUT2D eigenvalue weighted by Crippen LogP contribution is -2.55. The Morgan fingerprint density at radius 2 is 2.06 bits per heavy atom. The minimum Gasteiger partial charge on any atom is -0.481 e. The van der Waals surface area contributed by atoms with E-state index in [0.29, 0.717) is 19.8 Å². The number of rotatable bonds is 5. The molecule has 0 atom stereocenters. The summed E-state index contributed by atoms with van der Waals surface area (Å²) in [6, 6.07) is 0. The van der Waals surface area contributed by atoms with Crippen molar-refractivity contribution in [3.05, 3.63) is 0 Å². The molecule has 1 saturated heterocycles. The van der Waals surface area contributed by atoms with Crippen LogP contribution >= 0.6 is 0 Å². The summed E-state index contributed by atoms with van der Waals surface area (Å²) in [5, 5.41) is 9.19. The molecule has 2 aliphatic rings. The van der Waals surface area contributed by atoms with E-state index < -0.39 is 11.4 Å². The average molecular weight is 227 g/mol. The smallest absolute Gasteiger partial charge is 0.315 e. The van der Waals surface area contributed by atoms with Crippen molar-refractivity contribution in [1.29, 1.82) is 0 Å². The Bertz CT molecular complexity index is 257. The van der Waals surface area contributed by atoms with Crippen LogP contribution in [0.5, 0.6) is 0 Å². The normalized spacial score (nSPS) is 24.6. The largest absolute Gasteiger partial charge is 0.481 e. The molecule has 1 aliphatic heterocycles. The highest BCUT2D eigenvalue weighted by molar-refractivity contribution is 5.76. The molecule has 0 spiro atoms. The van der Waals surface area contributed by atoms with Crippen LogP contribution in [0.3, 0.4) is 0 Å². The molecule has 2 rings (SSSR count). The molecule has 0 amide bonds. The quantitative estimate of drug-likeness (QED) is 0.767. The maximum Gasteiger partial charge on any atom is 0.315 e. The van der Waals surface area contributed by atoms with E-state index in [-0.39, 0.29) is 0 Å². The van der Waals surface area contributed by atoms with E-state index in [4.69, 9.17) is 4.74 Å². The van der Waals surface area contributed by atoms with E-state index in [1.165, 1.54) is 25.7 Å². The predicted octanol–water partition coefficient (Wildman–Crippen LogP) is 1.21. The van der Waals surface area contributed by atoms with Gasteiger partial charge < -0.3 is 14.7 Å². The van der Waals surface area contributed by atoms with Crippen LogP contribution in [0.4, 0.5) is 0 Å². The van der Waals surface area contributed by atoms with Gasteiger partial charge in [0, 0.05) is 13.1 Å². The number of carboxylic acid groups (broad SMARTS) is 1. The topological polar surface area (TPSA) is 49.8 Å². The van der Waals surface area contributed by atoms with Crippen molar-refractivity contribution in [3.63, 3.8) is 0 Å². The highest BCUT2D eigenvalue weighted by Crippen LogP contribution is 2.30. The van der Waals surface area contributed by atoms with Gasteiger partial charge in [-0.15, -0.1) is 0 Å². The summed E-state index contributed by atoms with van der Waals surface area (Å²) in [4.78, 5) is 13.3. The molecule has 92 valence electrons. The minimum atomic E-state index is -0.711. The van der Waals surface area contributed by atoms with Gasteiger partial charge in [-0.1, -0.05) is 12.8 Å². The maximum atomic E-state index is 11.2. The zero-order chi connectivity index (χ0) is 11.6. The van der Waals surface area contributed by atoms with E-state index in [1.807, 2.05) is 7.05 Å². The zero-order valence-corrected chi connectivity index (χ0v) is 9.95. The van der Waals surface area contributed by atoms with Crippen LogP contribution in [0, 0.1) is 11.3 Å². The minimum absolute atomic E-state index is 0.372. The van der Waals surface area contributed by atoms with Crippen LogP contribution < -0.4 is 0 Å². The lowest BCUT2D eigenvalue weighted by Gasteiger charge is -2.40. The molecule has 1 aliphatic carbocycles. The molecule has 1 saturated carbocycles. The zero-order valence-electron chi connectivity index (χ0n) is 9.95. The van der Waals surface area contributed by atoms with E-state index in [9.17, 15) is 9.90 Å². The highest BCUT2D eigenvalue weighted by Gasteiger charge is 2.47. The molecule has 0 bridgehead atoms. The first-order chi connectivity index (χ1) is 7.62. The van der Waals surface area contributed by atoms with Crippen LogP contribution in [0.15, 0.2) is 0 Å². The monoisotopic (exact) mass is 227 g/mol. The summed E-state index contributed by atoms with van der Waals surface area (Å²) in [5.74, 6) is 0.0638. The molecule has 0 aromatic heterocycles. The fourth-order valence-corrected chi connectivity index (χ4v) is 2.85. The maximum absolute atomic E-state index is 11.2. The van der Waals surface area contributed by atoms with Gasteiger partial charge in [0.15, 0.2) is 0 Å². The molecule has 0 unspecified atom stereocenters. The van der Waals surface area contributed by atoms with Gasteiger partial charge in [0.1, 0.15) is 5.41 Å². The standard InChI is InChI=1S/C12H21NO3/c1-13(6-10-4-2-3-5-10)7-12(11(14)15)8-16-9-12/h10H,2-9H2,1H3,(H,14,15). The van der Waals surface area contributed by atoms with Crippen molar-refractivity contribution >= 4 is 5.97 Å². The van der Waals surface area contributed by atoms with Gasteiger partial charge in [0.05, 0.1) is 13.2 Å². The van der Waals surface area contributed by atoms with Gasteiger partial charge >= 0.3 is 5.97 Å². The Morgan fingerprint density at radius 1 is 1.44 bits per heavy atom. The van der Waals surface area contributed by atoms with Crippen molar-refractivity contribution in [2.24, 2.45) is 11.3 Å². The number of hydrogen-bond donors (Lipinski definition) is 1. The van der Waals surface area contributed by atoms with E-state index in [2.05, 4.69) is 4.90 Å². The Labute approximate surface area is 96.6 Å². The third-order valence-electron chi connectivity index (χ3n) is 3.83. The molecule has 4 nitrogen and oxygen atoms in total. The molecule has 0 aromatic rings. The fraction of sp³-hybridized carbons (Fsp3) is 0.917. The number of nitrogens with zero attached hydrogens (tertiary/aromatic N) is 1. The van der Waals surface area contributed by atoms with Crippen LogP contribution in [0.2, 0.25) is 0 Å². The average Bonchev–Trinajstić information content (AvgIpc) is 2.63. The third kappa shape index (κ3) is 2.38. The Morgan fingerprint density at radius 3 is 2.50 bits per heavy atom. The summed E-state index contributed by atoms with van der Waals surface area (Å²) in [7, 11) is 2.03. The van der Waals surface area contributed by atoms with Gasteiger partial charge in [-0.25, -0.2) is 0 Å². The summed E-state index contributed by atoms with van der Waals surface area (Å²) >= 11 is 0. The highest BCUT2D eigenvalue weighted by atomic mass is 16.5. The van der Waals surface area contributed by atoms with Crippen LogP contribution in [0.1, 0.15) is 25.7 Å². The number of ether oxygens (including phenoxy) is 1. The van der Waals surface area contributed by atoms with Gasteiger partial charge in [-0.05, 0) is 25.8 Å². The van der Waals surface area contributed by atoms with Crippen LogP contribution in [0.25, 0.3) is 0 Å². The second kappa shape index (κ2) is 4.72. The number of hydrogen-bond acceptors (Lipinski definition) is 3. The molecule has 16 heavy (non-hydrogen) atoms. The van der Waals surface area contributed by atoms with Crippen molar-refractivity contribution in [2.75, 3.05) is 33.4 Å². The second-order valence-electron chi connectivity index (χ2n) is 5.43. The molecule has 4 heteroatoms. The van der Waals surface area contributed by atoms with Gasteiger partial charge in [0.2, 0.25) is 0 Å². The first kappa shape index (κ1) is 11.9. The molecule has 1 heterocycles. The first-order valence-corrected chi connectivity index (χ1v) is 6.12. The number of carbonyl (C=O) groups is 1. The van der Waals surface area contributed by atoms with Crippen molar-refractivity contribution < 1.29 is 14.6 Å². The number of aliphatic carboxylic acids is 1. The van der Waals surface area contributed by atoms with E-state index >= 15 is 0 Å². The molecular weight excluding hydrogens is 206 g/mol. The predicted molar refractivity (Wildman–Crippen MR) is 60.3 cm³/mol. The Hall–Kier alpha value is -0.610. The summed E-state index contributed by atoms with van der Waals surface area (Å²) in [6.45, 7) is 2.41. The SMILES string of the molecule is CN(CC1CCCC1)CC1(C(=O)O)COC1. The molecule has 1 N–H and O–H groups in total. The van der Waals surface area contributed by atoms with Crippen molar-refractivity contribution in [3.8, 4) is 0 Å². The lowest BCUT2D eigenvalue weighted by atomic mass is 9.85. The summed E-state index contributed by atoms with van der Waals surface area (Å²) in [5.41, 5.74) is -0.632. The third-order valence-corrected chi connectivity index (χ3v) is 3.83. The second-order valence-corrected chi connectivity index (χ2v) is 5.43. The fourth-order valence-electron chi connectivity index (χ4n) is 2.85. The lowest BCUT2D eigenvalue weighted by molar-refractivity contribution is -0.183. The summed E-state index contributed by atoms with van der Waals surface area (Å²) < 4.78 is 5.06. The Kier molecular flexibility index (Phi) is 3.50. The van der Waals surface area contributed by atoms with Gasteiger partial charge in [-0.2, -0.15) is 0 Å². The van der Waals surface area contributed by atoms with Crippen molar-refractivity contribution in [1.82, 2.24) is 4.90 Å². The van der Waals surface area contributed by atoms with Crippen LogP contribution in [-0.4, -0.2) is 49.3 Å². The number of carboxylic acids is 1. The molecule has 0 aromatic carbocycles. The first-order valence-electron chi connectivity index (χ1n) is 6.12. The van der Waals surface area contributed by atoms with Crippen LogP contribution in [-0.2, 0) is 9.53 Å². The van der Waals surface area contributed by atoms with Gasteiger partial charge in [0.25, 0.3) is 0 Å². The van der Waals surface area contributed by atoms with Gasteiger partial charge in [-0.3, -0.25) is 4.79 Å². The Balaban J connectivity index is 1.81. The van der Waals surface area contributed by atoms with Crippen molar-refractivity contribution in [2.45, 2.75) is 25.7 Å². The summed E-state index contributed by atoms with van der Waals surface area (Å²) in [6.07, 6.45) is 5.29. The molecular formula is C12H21NO3. The molecule has 0 radical (unpaired) electrons. The van der Waals surface area contributed by atoms with E-state index in [1.54, 1.807) is 0 Å². The molecule has 2 fully saturated rings. The van der Waals surface area contributed by atoms with E-state index in [0.717, 1.165) is 12.5 Å².